The molecule has 11 aromatic rings. The molecule has 0 atom stereocenters. The maximum Gasteiger partial charge on any atom is 0.177 e. The number of anilines is 3. The normalized spacial score (nSPS) is 11.5. The van der Waals surface area contributed by atoms with E-state index in [4.69, 9.17) is 9.40 Å². The molecule has 0 aliphatic carbocycles. The van der Waals surface area contributed by atoms with Crippen molar-refractivity contribution in [1.82, 2.24) is 9.55 Å². The monoisotopic (exact) mass is 729 g/mol. The first kappa shape index (κ1) is 32.7. The molecular formula is C53H35N3O. The highest BCUT2D eigenvalue weighted by Crippen LogP contribution is 2.45. The highest BCUT2D eigenvalue weighted by atomic mass is 16.3. The van der Waals surface area contributed by atoms with Gasteiger partial charge in [-0.15, -0.1) is 0 Å². The Bertz CT molecular complexity index is 3180. The largest absolute Gasteiger partial charge is 0.452 e. The second-order valence-electron chi connectivity index (χ2n) is 14.4. The van der Waals surface area contributed by atoms with E-state index in [1.165, 1.54) is 32.9 Å². The smallest absolute Gasteiger partial charge is 0.177 e. The van der Waals surface area contributed by atoms with E-state index in [1.54, 1.807) is 0 Å². The predicted molar refractivity (Wildman–Crippen MR) is 237 cm³/mol. The molecule has 0 saturated heterocycles. The zero-order valence-electron chi connectivity index (χ0n) is 31.0. The van der Waals surface area contributed by atoms with Gasteiger partial charge in [-0.05, 0) is 100 Å². The number of furan rings is 1. The molecule has 268 valence electrons. The van der Waals surface area contributed by atoms with E-state index in [1.807, 2.05) is 24.4 Å². The average molecular weight is 730 g/mol. The molecule has 0 N–H and O–H groups in total. The van der Waals surface area contributed by atoms with Gasteiger partial charge in [-0.1, -0.05) is 140 Å². The first-order chi connectivity index (χ1) is 28.3. The Morgan fingerprint density at radius 1 is 0.421 bits per heavy atom. The van der Waals surface area contributed by atoms with Crippen molar-refractivity contribution in [3.8, 4) is 39.1 Å². The molecule has 0 spiro atoms. The molecule has 0 radical (unpaired) electrons. The van der Waals surface area contributed by atoms with E-state index < -0.39 is 0 Å². The van der Waals surface area contributed by atoms with Crippen molar-refractivity contribution in [3.05, 3.63) is 212 Å². The highest BCUT2D eigenvalue weighted by molar-refractivity contribution is 6.10. The Morgan fingerprint density at radius 3 is 1.74 bits per heavy atom. The van der Waals surface area contributed by atoms with Gasteiger partial charge in [0.1, 0.15) is 11.1 Å². The molecule has 57 heavy (non-hydrogen) atoms. The minimum atomic E-state index is 0.744. The summed E-state index contributed by atoms with van der Waals surface area (Å²) in [6, 6.07) is 73.2. The second kappa shape index (κ2) is 13.6. The van der Waals surface area contributed by atoms with E-state index in [2.05, 4.69) is 198 Å². The summed E-state index contributed by atoms with van der Waals surface area (Å²) in [5.74, 6) is 0. The van der Waals surface area contributed by atoms with Gasteiger partial charge in [-0.3, -0.25) is 4.98 Å². The van der Waals surface area contributed by atoms with Crippen LogP contribution in [0.4, 0.5) is 17.1 Å². The number of nitrogens with zero attached hydrogens (tertiary/aromatic N) is 3. The molecule has 0 aliphatic heterocycles. The van der Waals surface area contributed by atoms with Gasteiger partial charge < -0.3 is 13.9 Å². The van der Waals surface area contributed by atoms with Crippen LogP contribution in [0.2, 0.25) is 0 Å². The summed E-state index contributed by atoms with van der Waals surface area (Å²) < 4.78 is 8.99. The second-order valence-corrected chi connectivity index (χ2v) is 14.4. The summed E-state index contributed by atoms with van der Waals surface area (Å²) in [5, 5.41) is 3.51. The first-order valence-electron chi connectivity index (χ1n) is 19.3. The first-order valence-corrected chi connectivity index (χ1v) is 19.3. The van der Waals surface area contributed by atoms with Crippen molar-refractivity contribution in [2.45, 2.75) is 0 Å². The van der Waals surface area contributed by atoms with E-state index in [0.717, 1.165) is 67.1 Å². The van der Waals surface area contributed by atoms with Crippen molar-refractivity contribution in [2.24, 2.45) is 0 Å². The molecule has 0 amide bonds. The van der Waals surface area contributed by atoms with Gasteiger partial charge >= 0.3 is 0 Å². The fourth-order valence-electron chi connectivity index (χ4n) is 8.42. The van der Waals surface area contributed by atoms with Crippen LogP contribution in [-0.4, -0.2) is 9.55 Å². The van der Waals surface area contributed by atoms with E-state index >= 15 is 0 Å². The summed E-state index contributed by atoms with van der Waals surface area (Å²) in [7, 11) is 0. The summed E-state index contributed by atoms with van der Waals surface area (Å²) in [4.78, 5) is 7.14. The molecule has 8 aromatic carbocycles. The van der Waals surface area contributed by atoms with Gasteiger partial charge in [-0.2, -0.15) is 0 Å². The van der Waals surface area contributed by atoms with Crippen LogP contribution in [-0.2, 0) is 0 Å². The maximum atomic E-state index is 6.63. The van der Waals surface area contributed by atoms with Crippen molar-refractivity contribution < 1.29 is 4.42 Å². The fourth-order valence-corrected chi connectivity index (χ4v) is 8.42. The SMILES string of the molecule is c1ccc(-c2ccc(N(c3cccc(-c4ccc(-n5c6ccccc6c6ccccc65)cc4)c3)c3ccnc4c3oc3ccccc34)cc2-c2ccccc2)cc1. The molecule has 0 fully saturated rings. The number of benzene rings is 8. The van der Waals surface area contributed by atoms with Crippen LogP contribution in [0.25, 0.3) is 82.9 Å². The molecule has 3 heterocycles. The standard InChI is InChI=1S/C53H35N3O/c1-3-14-37(15-4-1)43-31-30-42(35-47(43)38-16-5-2-6-17-38)55(50-32-33-54-52-46-22-9-12-25-51(46)57-53(50)52)41-19-13-18-39(34-41)36-26-28-40(29-27-36)56-48-23-10-7-20-44(48)45-21-8-11-24-49(45)56/h1-35H. The number of aromatic nitrogens is 2. The Morgan fingerprint density at radius 2 is 1.02 bits per heavy atom. The molecule has 11 rings (SSSR count). The Kier molecular flexibility index (Phi) is 7.78. The lowest BCUT2D eigenvalue weighted by Gasteiger charge is -2.27. The van der Waals surface area contributed by atoms with Crippen molar-refractivity contribution in [2.75, 3.05) is 4.90 Å². The number of para-hydroxylation sites is 3. The molecule has 3 aromatic heterocycles. The summed E-state index contributed by atoms with van der Waals surface area (Å²) >= 11 is 0. The Labute approximate surface area is 330 Å². The van der Waals surface area contributed by atoms with Crippen LogP contribution >= 0.6 is 0 Å². The number of fused-ring (bicyclic) bond motifs is 6. The lowest BCUT2D eigenvalue weighted by molar-refractivity contribution is 0.668. The van der Waals surface area contributed by atoms with Gasteiger partial charge in [0, 0.05) is 39.4 Å². The fraction of sp³-hybridized carbons (Fsp3) is 0. The van der Waals surface area contributed by atoms with Crippen molar-refractivity contribution in [1.29, 1.82) is 0 Å². The van der Waals surface area contributed by atoms with Crippen LogP contribution in [0, 0.1) is 0 Å². The Hall–Kier alpha value is -7.69. The van der Waals surface area contributed by atoms with Crippen molar-refractivity contribution in [3.63, 3.8) is 0 Å². The summed E-state index contributed by atoms with van der Waals surface area (Å²) in [5.41, 5.74) is 15.8. The molecule has 4 heteroatoms. The van der Waals surface area contributed by atoms with Crippen LogP contribution < -0.4 is 4.90 Å². The molecule has 0 unspecified atom stereocenters. The van der Waals surface area contributed by atoms with Crippen LogP contribution in [0.3, 0.4) is 0 Å². The Balaban J connectivity index is 1.08. The van der Waals surface area contributed by atoms with E-state index in [9.17, 15) is 0 Å². The van der Waals surface area contributed by atoms with Gasteiger partial charge in [0.05, 0.1) is 16.7 Å². The van der Waals surface area contributed by atoms with Crippen LogP contribution in [0.5, 0.6) is 0 Å². The number of hydrogen-bond acceptors (Lipinski definition) is 3. The van der Waals surface area contributed by atoms with Gasteiger partial charge in [0.15, 0.2) is 5.58 Å². The molecular weight excluding hydrogens is 695 g/mol. The zero-order valence-corrected chi connectivity index (χ0v) is 31.0. The van der Waals surface area contributed by atoms with E-state index in [0.29, 0.717) is 0 Å². The van der Waals surface area contributed by atoms with Crippen LogP contribution in [0.15, 0.2) is 217 Å². The zero-order chi connectivity index (χ0) is 37.7. The third kappa shape index (κ3) is 5.58. The average Bonchev–Trinajstić information content (AvgIpc) is 3.84. The highest BCUT2D eigenvalue weighted by Gasteiger charge is 2.22. The minimum Gasteiger partial charge on any atom is -0.452 e. The lowest BCUT2D eigenvalue weighted by atomic mass is 9.93. The van der Waals surface area contributed by atoms with Crippen LogP contribution in [0.1, 0.15) is 0 Å². The molecule has 4 nitrogen and oxygen atoms in total. The topological polar surface area (TPSA) is 34.2 Å². The molecule has 0 bridgehead atoms. The van der Waals surface area contributed by atoms with Crippen molar-refractivity contribution >= 4 is 60.9 Å². The molecule has 0 saturated carbocycles. The third-order valence-corrected chi connectivity index (χ3v) is 11.1. The summed E-state index contributed by atoms with van der Waals surface area (Å²) in [6.45, 7) is 0. The predicted octanol–water partition coefficient (Wildman–Crippen LogP) is 14.5. The quantitative estimate of drug-likeness (QED) is 0.164. The minimum absolute atomic E-state index is 0.744. The molecule has 0 aliphatic rings. The lowest BCUT2D eigenvalue weighted by Crippen LogP contribution is -2.11. The van der Waals surface area contributed by atoms with Gasteiger partial charge in [0.2, 0.25) is 0 Å². The number of pyridine rings is 1. The summed E-state index contributed by atoms with van der Waals surface area (Å²) in [6.07, 6.45) is 1.89. The number of rotatable bonds is 7. The maximum absolute atomic E-state index is 6.63. The number of hydrogen-bond donors (Lipinski definition) is 0. The van der Waals surface area contributed by atoms with Gasteiger partial charge in [-0.25, -0.2) is 0 Å². The van der Waals surface area contributed by atoms with Gasteiger partial charge in [0.25, 0.3) is 0 Å². The third-order valence-electron chi connectivity index (χ3n) is 11.1. The van der Waals surface area contributed by atoms with E-state index in [-0.39, 0.29) is 0 Å².